The lowest BCUT2D eigenvalue weighted by atomic mass is 9.74. The Labute approximate surface area is 122 Å². The Kier molecular flexibility index (Phi) is 4.16. The highest BCUT2D eigenvalue weighted by Gasteiger charge is 2.41. The molecule has 0 aromatic heterocycles. The zero-order valence-corrected chi connectivity index (χ0v) is 12.8. The van der Waals surface area contributed by atoms with Crippen LogP contribution in [0.5, 0.6) is 0 Å². The number of rotatable bonds is 1. The molecule has 3 nitrogen and oxygen atoms in total. The van der Waals surface area contributed by atoms with Gasteiger partial charge in [-0.15, -0.1) is 0 Å². The maximum absolute atomic E-state index is 12.8. The van der Waals surface area contributed by atoms with E-state index in [-0.39, 0.29) is 5.41 Å². The third-order valence-corrected chi connectivity index (χ3v) is 5.74. The first-order valence-corrected chi connectivity index (χ1v) is 8.43. The number of hydrogen-bond acceptors (Lipinski definition) is 2. The predicted octanol–water partition coefficient (Wildman–Crippen LogP) is 3.12. The summed E-state index contributed by atoms with van der Waals surface area (Å²) in [5, 5.41) is 6.76. The van der Waals surface area contributed by atoms with Gasteiger partial charge in [-0.2, -0.15) is 0 Å². The molecule has 0 radical (unpaired) electrons. The normalized spacial score (nSPS) is 28.4. The summed E-state index contributed by atoms with van der Waals surface area (Å²) in [6.45, 7) is 4.22. The van der Waals surface area contributed by atoms with Crippen LogP contribution in [0.15, 0.2) is 11.3 Å². The Morgan fingerprint density at radius 1 is 1.05 bits per heavy atom. The van der Waals surface area contributed by atoms with Gasteiger partial charge in [0.15, 0.2) is 0 Å². The second-order valence-electron chi connectivity index (χ2n) is 7.01. The molecular formula is C17H28N2O. The van der Waals surface area contributed by atoms with Gasteiger partial charge in [0.1, 0.15) is 0 Å². The van der Waals surface area contributed by atoms with Gasteiger partial charge in [0, 0.05) is 5.70 Å². The molecule has 0 atom stereocenters. The molecule has 2 heterocycles. The largest absolute Gasteiger partial charge is 0.329 e. The number of carbonyl (C=O) groups is 1. The van der Waals surface area contributed by atoms with Crippen molar-refractivity contribution in [1.82, 2.24) is 10.6 Å². The minimum absolute atomic E-state index is 0.0943. The van der Waals surface area contributed by atoms with E-state index in [4.69, 9.17) is 0 Å². The SMILES string of the molecule is CC1=C(C2CCCCC2)NC(=O)C2(CCNCC2)CC1. The molecule has 0 unspecified atom stereocenters. The first-order chi connectivity index (χ1) is 9.71. The van der Waals surface area contributed by atoms with Crippen molar-refractivity contribution in [2.45, 2.75) is 64.7 Å². The molecule has 1 amide bonds. The molecule has 20 heavy (non-hydrogen) atoms. The van der Waals surface area contributed by atoms with Crippen molar-refractivity contribution in [2.75, 3.05) is 13.1 Å². The molecule has 1 aliphatic carbocycles. The average molecular weight is 276 g/mol. The summed E-state index contributed by atoms with van der Waals surface area (Å²) in [6, 6.07) is 0. The van der Waals surface area contributed by atoms with E-state index in [0.717, 1.165) is 38.8 Å². The lowest BCUT2D eigenvalue weighted by molar-refractivity contribution is -0.132. The molecular weight excluding hydrogens is 248 g/mol. The predicted molar refractivity (Wildman–Crippen MR) is 81.2 cm³/mol. The summed E-state index contributed by atoms with van der Waals surface area (Å²) in [4.78, 5) is 12.8. The van der Waals surface area contributed by atoms with E-state index in [1.165, 1.54) is 43.4 Å². The topological polar surface area (TPSA) is 41.1 Å². The number of piperidine rings is 1. The van der Waals surface area contributed by atoms with E-state index in [9.17, 15) is 4.79 Å². The lowest BCUT2D eigenvalue weighted by Crippen LogP contribution is -2.47. The summed E-state index contributed by atoms with van der Waals surface area (Å²) in [7, 11) is 0. The minimum atomic E-state index is -0.0943. The molecule has 3 aliphatic rings. The van der Waals surface area contributed by atoms with Gasteiger partial charge in [0.2, 0.25) is 5.91 Å². The molecule has 0 bridgehead atoms. The van der Waals surface area contributed by atoms with E-state index in [0.29, 0.717) is 11.8 Å². The van der Waals surface area contributed by atoms with Gasteiger partial charge in [0.05, 0.1) is 5.41 Å². The van der Waals surface area contributed by atoms with Gasteiger partial charge in [-0.1, -0.05) is 24.8 Å². The third kappa shape index (κ3) is 2.65. The highest BCUT2D eigenvalue weighted by atomic mass is 16.2. The van der Waals surface area contributed by atoms with Crippen molar-refractivity contribution in [3.63, 3.8) is 0 Å². The van der Waals surface area contributed by atoms with Crippen LogP contribution in [0.4, 0.5) is 0 Å². The van der Waals surface area contributed by atoms with Crippen LogP contribution >= 0.6 is 0 Å². The van der Waals surface area contributed by atoms with E-state index < -0.39 is 0 Å². The zero-order chi connectivity index (χ0) is 14.0. The summed E-state index contributed by atoms with van der Waals surface area (Å²) in [6.07, 6.45) is 10.7. The summed E-state index contributed by atoms with van der Waals surface area (Å²) >= 11 is 0. The fourth-order valence-corrected chi connectivity index (χ4v) is 4.26. The summed E-state index contributed by atoms with van der Waals surface area (Å²) in [5.74, 6) is 0.931. The van der Waals surface area contributed by atoms with Crippen molar-refractivity contribution >= 4 is 5.91 Å². The van der Waals surface area contributed by atoms with Crippen molar-refractivity contribution in [2.24, 2.45) is 11.3 Å². The van der Waals surface area contributed by atoms with Gasteiger partial charge in [-0.25, -0.2) is 0 Å². The molecule has 3 heteroatoms. The van der Waals surface area contributed by atoms with E-state index in [2.05, 4.69) is 17.6 Å². The van der Waals surface area contributed by atoms with E-state index in [1.54, 1.807) is 0 Å². The van der Waals surface area contributed by atoms with Crippen molar-refractivity contribution in [1.29, 1.82) is 0 Å². The van der Waals surface area contributed by atoms with Crippen LogP contribution in [0.1, 0.15) is 64.7 Å². The Bertz CT molecular complexity index is 401. The van der Waals surface area contributed by atoms with Crippen molar-refractivity contribution in [3.8, 4) is 0 Å². The minimum Gasteiger partial charge on any atom is -0.329 e. The Hall–Kier alpha value is -0.830. The number of hydrogen-bond donors (Lipinski definition) is 2. The second kappa shape index (κ2) is 5.88. The van der Waals surface area contributed by atoms with Crippen LogP contribution in [-0.4, -0.2) is 19.0 Å². The van der Waals surface area contributed by atoms with Crippen molar-refractivity contribution < 1.29 is 4.79 Å². The smallest absolute Gasteiger partial charge is 0.230 e. The van der Waals surface area contributed by atoms with Gasteiger partial charge < -0.3 is 10.6 Å². The van der Waals surface area contributed by atoms with Crippen LogP contribution in [0.25, 0.3) is 0 Å². The van der Waals surface area contributed by atoms with Crippen LogP contribution in [0.3, 0.4) is 0 Å². The molecule has 0 aromatic carbocycles. The highest BCUT2D eigenvalue weighted by molar-refractivity contribution is 5.85. The Morgan fingerprint density at radius 2 is 1.75 bits per heavy atom. The molecule has 1 spiro atoms. The molecule has 1 saturated heterocycles. The monoisotopic (exact) mass is 276 g/mol. The van der Waals surface area contributed by atoms with E-state index in [1.807, 2.05) is 0 Å². The van der Waals surface area contributed by atoms with Gasteiger partial charge in [0.25, 0.3) is 0 Å². The van der Waals surface area contributed by atoms with E-state index >= 15 is 0 Å². The highest BCUT2D eigenvalue weighted by Crippen LogP contribution is 2.40. The number of allylic oxidation sites excluding steroid dienone is 2. The molecule has 2 N–H and O–H groups in total. The lowest BCUT2D eigenvalue weighted by Gasteiger charge is -2.35. The van der Waals surface area contributed by atoms with Gasteiger partial charge in [-0.3, -0.25) is 4.79 Å². The fraction of sp³-hybridized carbons (Fsp3) is 0.824. The maximum atomic E-state index is 12.8. The van der Waals surface area contributed by atoms with Crippen LogP contribution in [0.2, 0.25) is 0 Å². The van der Waals surface area contributed by atoms with Crippen molar-refractivity contribution in [3.05, 3.63) is 11.3 Å². The maximum Gasteiger partial charge on any atom is 0.230 e. The number of amides is 1. The van der Waals surface area contributed by atoms with Gasteiger partial charge >= 0.3 is 0 Å². The Balaban J connectivity index is 1.77. The number of nitrogens with one attached hydrogen (secondary N) is 2. The Morgan fingerprint density at radius 3 is 2.45 bits per heavy atom. The summed E-state index contributed by atoms with van der Waals surface area (Å²) < 4.78 is 0. The molecule has 2 aliphatic heterocycles. The zero-order valence-electron chi connectivity index (χ0n) is 12.8. The molecule has 0 aromatic rings. The molecule has 2 fully saturated rings. The molecule has 1 saturated carbocycles. The first kappa shape index (κ1) is 14.1. The third-order valence-electron chi connectivity index (χ3n) is 5.74. The quantitative estimate of drug-likeness (QED) is 0.772. The van der Waals surface area contributed by atoms with Crippen LogP contribution in [-0.2, 0) is 4.79 Å². The number of carbonyl (C=O) groups excluding carboxylic acids is 1. The fourth-order valence-electron chi connectivity index (χ4n) is 4.26. The van der Waals surface area contributed by atoms with Gasteiger partial charge in [-0.05, 0) is 64.5 Å². The molecule has 3 rings (SSSR count). The second-order valence-corrected chi connectivity index (χ2v) is 7.01. The van der Waals surface area contributed by atoms with Crippen LogP contribution < -0.4 is 10.6 Å². The summed E-state index contributed by atoms with van der Waals surface area (Å²) in [5.41, 5.74) is 2.65. The molecule has 112 valence electrons. The standard InChI is InChI=1S/C17H28N2O/c1-13-7-8-17(9-11-18-12-10-17)16(20)19-15(13)14-5-3-2-4-6-14/h14,18H,2-12H2,1H3,(H,19,20). The average Bonchev–Trinajstić information content (AvgIpc) is 2.62. The first-order valence-electron chi connectivity index (χ1n) is 8.43. The van der Waals surface area contributed by atoms with Crippen LogP contribution in [0, 0.1) is 11.3 Å².